The van der Waals surface area contributed by atoms with Crippen LogP contribution in [0, 0.1) is 19.7 Å². The number of anilines is 1. The highest BCUT2D eigenvalue weighted by Crippen LogP contribution is 2.24. The molecule has 0 aromatic heterocycles. The number of nitrogens with one attached hydrogen (secondary N) is 1. The van der Waals surface area contributed by atoms with Gasteiger partial charge in [-0.15, -0.1) is 11.8 Å². The standard InChI is InChI=1S/C17H18FNO3S2/c1-11-4-5-12(2)16(8-11)23-10-17(20)19-15-9-13(24(3,21)22)6-7-14(15)18/h4-9H,10H2,1-3H3,(H,19,20). The molecule has 2 rings (SSSR count). The van der Waals surface area contributed by atoms with Gasteiger partial charge in [-0.25, -0.2) is 12.8 Å². The van der Waals surface area contributed by atoms with E-state index in [1.165, 1.54) is 17.8 Å². The summed E-state index contributed by atoms with van der Waals surface area (Å²) < 4.78 is 36.8. The highest BCUT2D eigenvalue weighted by molar-refractivity contribution is 8.00. The Hall–Kier alpha value is -1.86. The van der Waals surface area contributed by atoms with Crippen LogP contribution in [0.15, 0.2) is 46.2 Å². The molecule has 1 N–H and O–H groups in total. The van der Waals surface area contributed by atoms with E-state index in [9.17, 15) is 17.6 Å². The topological polar surface area (TPSA) is 63.2 Å². The first-order valence-electron chi connectivity index (χ1n) is 7.16. The highest BCUT2D eigenvalue weighted by Gasteiger charge is 2.13. The Morgan fingerprint density at radius 3 is 2.54 bits per heavy atom. The van der Waals surface area contributed by atoms with Crippen LogP contribution in [0.2, 0.25) is 0 Å². The molecule has 1 amide bonds. The maximum absolute atomic E-state index is 13.8. The second-order valence-electron chi connectivity index (χ2n) is 5.52. The summed E-state index contributed by atoms with van der Waals surface area (Å²) in [6.07, 6.45) is 1.03. The van der Waals surface area contributed by atoms with Crippen LogP contribution in [0.25, 0.3) is 0 Å². The third kappa shape index (κ3) is 4.82. The minimum atomic E-state index is -3.47. The zero-order valence-corrected chi connectivity index (χ0v) is 15.2. The van der Waals surface area contributed by atoms with Gasteiger partial charge in [0.2, 0.25) is 5.91 Å². The SMILES string of the molecule is Cc1ccc(C)c(SCC(=O)Nc2cc(S(C)(=O)=O)ccc2F)c1. The van der Waals surface area contributed by atoms with Crippen molar-refractivity contribution in [2.45, 2.75) is 23.6 Å². The van der Waals surface area contributed by atoms with Crippen LogP contribution < -0.4 is 5.32 Å². The van der Waals surface area contributed by atoms with Crippen LogP contribution in [0.4, 0.5) is 10.1 Å². The molecule has 24 heavy (non-hydrogen) atoms. The molecule has 7 heteroatoms. The Bertz CT molecular complexity index is 879. The summed E-state index contributed by atoms with van der Waals surface area (Å²) in [5.74, 6) is -0.967. The molecule has 0 saturated carbocycles. The smallest absolute Gasteiger partial charge is 0.234 e. The van der Waals surface area contributed by atoms with Gasteiger partial charge in [-0.3, -0.25) is 4.79 Å². The summed E-state index contributed by atoms with van der Waals surface area (Å²) >= 11 is 1.35. The van der Waals surface area contributed by atoms with Gasteiger partial charge in [0, 0.05) is 11.2 Å². The molecule has 2 aromatic carbocycles. The Kier molecular flexibility index (Phi) is 5.66. The molecule has 0 fully saturated rings. The van der Waals surface area contributed by atoms with E-state index < -0.39 is 21.6 Å². The van der Waals surface area contributed by atoms with Gasteiger partial charge in [-0.05, 0) is 43.7 Å². The van der Waals surface area contributed by atoms with Crippen molar-refractivity contribution in [2.75, 3.05) is 17.3 Å². The second-order valence-corrected chi connectivity index (χ2v) is 8.55. The summed E-state index contributed by atoms with van der Waals surface area (Å²) in [5, 5.41) is 2.43. The summed E-state index contributed by atoms with van der Waals surface area (Å²) in [7, 11) is -3.47. The zero-order chi connectivity index (χ0) is 17.9. The molecule has 0 aliphatic rings. The lowest BCUT2D eigenvalue weighted by atomic mass is 10.2. The fourth-order valence-electron chi connectivity index (χ4n) is 2.02. The number of halogens is 1. The van der Waals surface area contributed by atoms with Gasteiger partial charge in [-0.2, -0.15) is 0 Å². The average Bonchev–Trinajstić information content (AvgIpc) is 2.49. The van der Waals surface area contributed by atoms with Crippen LogP contribution in [0.5, 0.6) is 0 Å². The molecular weight excluding hydrogens is 349 g/mol. The Morgan fingerprint density at radius 1 is 1.17 bits per heavy atom. The Balaban J connectivity index is 2.09. The molecule has 0 unspecified atom stereocenters. The molecule has 2 aromatic rings. The van der Waals surface area contributed by atoms with Crippen LogP contribution >= 0.6 is 11.8 Å². The maximum atomic E-state index is 13.8. The zero-order valence-electron chi connectivity index (χ0n) is 13.6. The molecule has 0 heterocycles. The lowest BCUT2D eigenvalue weighted by molar-refractivity contribution is -0.113. The average molecular weight is 367 g/mol. The molecule has 0 saturated heterocycles. The van der Waals surface area contributed by atoms with Crippen molar-refractivity contribution in [1.82, 2.24) is 0 Å². The number of carbonyl (C=O) groups is 1. The highest BCUT2D eigenvalue weighted by atomic mass is 32.2. The normalized spacial score (nSPS) is 11.3. The Labute approximate surface area is 145 Å². The van der Waals surface area contributed by atoms with E-state index in [2.05, 4.69) is 5.32 Å². The number of amides is 1. The monoisotopic (exact) mass is 367 g/mol. The predicted molar refractivity (Wildman–Crippen MR) is 94.8 cm³/mol. The van der Waals surface area contributed by atoms with Crippen molar-refractivity contribution in [3.05, 3.63) is 53.3 Å². The van der Waals surface area contributed by atoms with E-state index in [4.69, 9.17) is 0 Å². The molecule has 0 aliphatic heterocycles. The quantitative estimate of drug-likeness (QED) is 0.648. The minimum absolute atomic E-state index is 0.0404. The minimum Gasteiger partial charge on any atom is -0.323 e. The van der Waals surface area contributed by atoms with Crippen LogP contribution in [0.3, 0.4) is 0 Å². The van der Waals surface area contributed by atoms with Crippen LogP contribution in [-0.4, -0.2) is 26.3 Å². The molecule has 0 aliphatic carbocycles. The van der Waals surface area contributed by atoms with Crippen LogP contribution in [0.1, 0.15) is 11.1 Å². The number of rotatable bonds is 5. The molecule has 0 radical (unpaired) electrons. The summed E-state index contributed by atoms with van der Waals surface area (Å²) in [4.78, 5) is 13.0. The van der Waals surface area contributed by atoms with Gasteiger partial charge in [-0.1, -0.05) is 17.7 Å². The van der Waals surface area contributed by atoms with E-state index in [0.717, 1.165) is 34.4 Å². The largest absolute Gasteiger partial charge is 0.323 e. The molecule has 4 nitrogen and oxygen atoms in total. The van der Waals surface area contributed by atoms with E-state index in [1.807, 2.05) is 32.0 Å². The second kappa shape index (κ2) is 7.36. The number of carbonyl (C=O) groups excluding carboxylic acids is 1. The Morgan fingerprint density at radius 2 is 1.88 bits per heavy atom. The predicted octanol–water partition coefficient (Wildman–Crippen LogP) is 3.58. The van der Waals surface area contributed by atoms with E-state index in [0.29, 0.717) is 0 Å². The van der Waals surface area contributed by atoms with Gasteiger partial charge in [0.15, 0.2) is 9.84 Å². The lowest BCUT2D eigenvalue weighted by Crippen LogP contribution is -2.15. The van der Waals surface area contributed by atoms with Gasteiger partial charge < -0.3 is 5.32 Å². The van der Waals surface area contributed by atoms with Gasteiger partial charge in [0.25, 0.3) is 0 Å². The number of hydrogen-bond acceptors (Lipinski definition) is 4. The van der Waals surface area contributed by atoms with Crippen LogP contribution in [-0.2, 0) is 14.6 Å². The van der Waals surface area contributed by atoms with E-state index >= 15 is 0 Å². The lowest BCUT2D eigenvalue weighted by Gasteiger charge is -2.09. The van der Waals surface area contributed by atoms with Gasteiger partial charge in [0.1, 0.15) is 5.82 Å². The fraction of sp³-hybridized carbons (Fsp3) is 0.235. The van der Waals surface area contributed by atoms with Gasteiger partial charge >= 0.3 is 0 Å². The number of sulfone groups is 1. The third-order valence-corrected chi connectivity index (χ3v) is 5.61. The number of hydrogen-bond donors (Lipinski definition) is 1. The molecule has 0 bridgehead atoms. The first-order chi connectivity index (χ1) is 11.2. The molecule has 0 atom stereocenters. The molecule has 0 spiro atoms. The van der Waals surface area contributed by atoms with Crippen molar-refractivity contribution in [3.63, 3.8) is 0 Å². The van der Waals surface area contributed by atoms with E-state index in [-0.39, 0.29) is 16.3 Å². The summed E-state index contributed by atoms with van der Waals surface area (Å²) in [6.45, 7) is 3.92. The number of aryl methyl sites for hydroxylation is 2. The molecule has 128 valence electrons. The molecular formula is C17H18FNO3S2. The number of thioether (sulfide) groups is 1. The number of benzene rings is 2. The van der Waals surface area contributed by atoms with Crippen molar-refractivity contribution < 1.29 is 17.6 Å². The first kappa shape index (κ1) is 18.5. The van der Waals surface area contributed by atoms with Gasteiger partial charge in [0.05, 0.1) is 16.3 Å². The first-order valence-corrected chi connectivity index (χ1v) is 10.0. The fourth-order valence-corrected chi connectivity index (χ4v) is 3.59. The summed E-state index contributed by atoms with van der Waals surface area (Å²) in [5.41, 5.74) is 2.02. The maximum Gasteiger partial charge on any atom is 0.234 e. The summed E-state index contributed by atoms with van der Waals surface area (Å²) in [6, 6.07) is 9.29. The third-order valence-electron chi connectivity index (χ3n) is 3.34. The van der Waals surface area contributed by atoms with E-state index in [1.54, 1.807) is 0 Å². The van der Waals surface area contributed by atoms with Crippen molar-refractivity contribution in [2.24, 2.45) is 0 Å². The van der Waals surface area contributed by atoms with Crippen molar-refractivity contribution in [1.29, 1.82) is 0 Å². The van der Waals surface area contributed by atoms with Crippen molar-refractivity contribution in [3.8, 4) is 0 Å². The van der Waals surface area contributed by atoms with Crippen molar-refractivity contribution >= 4 is 33.2 Å².